The van der Waals surface area contributed by atoms with E-state index in [1.54, 1.807) is 0 Å². The van der Waals surface area contributed by atoms with E-state index in [0.29, 0.717) is 6.04 Å². The Kier molecular flexibility index (Phi) is 5.49. The fraction of sp³-hybridized carbons (Fsp3) is 1.00. The van der Waals surface area contributed by atoms with E-state index in [2.05, 4.69) is 31.4 Å². The number of rotatable bonds is 5. The van der Waals surface area contributed by atoms with Crippen molar-refractivity contribution in [2.24, 2.45) is 11.8 Å². The first-order valence-corrected chi connectivity index (χ1v) is 6.18. The Morgan fingerprint density at radius 1 is 1.29 bits per heavy atom. The van der Waals surface area contributed by atoms with Gasteiger partial charge in [0.15, 0.2) is 0 Å². The second-order valence-corrected chi connectivity index (χ2v) is 4.86. The summed E-state index contributed by atoms with van der Waals surface area (Å²) >= 11 is 0. The van der Waals surface area contributed by atoms with Crippen molar-refractivity contribution in [3.05, 3.63) is 0 Å². The van der Waals surface area contributed by atoms with Crippen LogP contribution in [0.2, 0.25) is 0 Å². The first-order valence-electron chi connectivity index (χ1n) is 6.18. The van der Waals surface area contributed by atoms with Crippen LogP contribution in [-0.4, -0.2) is 25.7 Å². The molecular formula is C12H26N2. The number of hydrogen-bond acceptors (Lipinski definition) is 2. The van der Waals surface area contributed by atoms with Gasteiger partial charge in [0.05, 0.1) is 0 Å². The van der Waals surface area contributed by atoms with Gasteiger partial charge in [-0.25, -0.2) is 0 Å². The minimum Gasteiger partial charge on any atom is -0.317 e. The molecule has 0 saturated carbocycles. The van der Waals surface area contributed by atoms with Gasteiger partial charge >= 0.3 is 0 Å². The van der Waals surface area contributed by atoms with Gasteiger partial charge in [0.25, 0.3) is 0 Å². The van der Waals surface area contributed by atoms with E-state index in [1.807, 2.05) is 0 Å². The molecule has 0 bridgehead atoms. The van der Waals surface area contributed by atoms with E-state index < -0.39 is 0 Å². The van der Waals surface area contributed by atoms with Gasteiger partial charge in [-0.1, -0.05) is 20.8 Å². The Hall–Kier alpha value is -0.0800. The van der Waals surface area contributed by atoms with Crippen LogP contribution in [0.3, 0.4) is 0 Å². The van der Waals surface area contributed by atoms with Crippen molar-refractivity contribution in [2.45, 2.75) is 46.1 Å². The quantitative estimate of drug-likeness (QED) is 0.706. The van der Waals surface area contributed by atoms with Crippen LogP contribution in [-0.2, 0) is 0 Å². The molecule has 2 N–H and O–H groups in total. The highest BCUT2D eigenvalue weighted by molar-refractivity contribution is 4.74. The summed E-state index contributed by atoms with van der Waals surface area (Å²) in [6, 6.07) is 0.713. The van der Waals surface area contributed by atoms with Gasteiger partial charge < -0.3 is 10.6 Å². The molecule has 2 nitrogen and oxygen atoms in total. The van der Waals surface area contributed by atoms with E-state index in [1.165, 1.54) is 38.9 Å². The van der Waals surface area contributed by atoms with Crippen LogP contribution in [0.5, 0.6) is 0 Å². The van der Waals surface area contributed by atoms with Gasteiger partial charge in [-0.2, -0.15) is 0 Å². The largest absolute Gasteiger partial charge is 0.317 e. The third-order valence-electron chi connectivity index (χ3n) is 3.37. The summed E-state index contributed by atoms with van der Waals surface area (Å²) in [7, 11) is 0. The smallest absolute Gasteiger partial charge is 0.00875 e. The van der Waals surface area contributed by atoms with E-state index >= 15 is 0 Å². The second kappa shape index (κ2) is 6.41. The Morgan fingerprint density at radius 2 is 1.93 bits per heavy atom. The maximum atomic E-state index is 3.71. The number of nitrogens with one attached hydrogen (secondary N) is 2. The predicted molar refractivity (Wildman–Crippen MR) is 62.5 cm³/mol. The third kappa shape index (κ3) is 3.97. The Labute approximate surface area is 88.8 Å². The lowest BCUT2D eigenvalue weighted by Crippen LogP contribution is -2.39. The highest BCUT2D eigenvalue weighted by atomic mass is 14.9. The highest BCUT2D eigenvalue weighted by Crippen LogP contribution is 2.12. The average Bonchev–Trinajstić information content (AvgIpc) is 2.20. The summed E-state index contributed by atoms with van der Waals surface area (Å²) in [6.45, 7) is 10.5. The van der Waals surface area contributed by atoms with Gasteiger partial charge in [-0.05, 0) is 50.7 Å². The van der Waals surface area contributed by atoms with Gasteiger partial charge in [0.2, 0.25) is 0 Å². The minimum atomic E-state index is 0.713. The first-order chi connectivity index (χ1) is 6.74. The van der Waals surface area contributed by atoms with Gasteiger partial charge in [-0.15, -0.1) is 0 Å². The van der Waals surface area contributed by atoms with Crippen molar-refractivity contribution >= 4 is 0 Å². The van der Waals surface area contributed by atoms with E-state index in [-0.39, 0.29) is 0 Å². The molecule has 0 aromatic heterocycles. The Bertz CT molecular complexity index is 139. The first kappa shape index (κ1) is 12.0. The number of hydrogen-bond donors (Lipinski definition) is 2. The van der Waals surface area contributed by atoms with Crippen molar-refractivity contribution in [3.63, 3.8) is 0 Å². The minimum absolute atomic E-state index is 0.713. The maximum absolute atomic E-state index is 3.71. The Morgan fingerprint density at radius 3 is 2.43 bits per heavy atom. The number of piperidine rings is 1. The molecular weight excluding hydrogens is 172 g/mol. The second-order valence-electron chi connectivity index (χ2n) is 4.86. The van der Waals surface area contributed by atoms with Crippen molar-refractivity contribution in [3.8, 4) is 0 Å². The van der Waals surface area contributed by atoms with Crippen molar-refractivity contribution < 1.29 is 0 Å². The maximum Gasteiger partial charge on any atom is 0.00875 e. The topological polar surface area (TPSA) is 24.1 Å². The van der Waals surface area contributed by atoms with Crippen LogP contribution in [0.25, 0.3) is 0 Å². The monoisotopic (exact) mass is 198 g/mol. The summed E-state index contributed by atoms with van der Waals surface area (Å²) in [5, 5.41) is 7.12. The van der Waals surface area contributed by atoms with Crippen molar-refractivity contribution in [1.29, 1.82) is 0 Å². The third-order valence-corrected chi connectivity index (χ3v) is 3.37. The molecule has 1 heterocycles. The van der Waals surface area contributed by atoms with Gasteiger partial charge in [0.1, 0.15) is 0 Å². The molecule has 1 aliphatic heterocycles. The molecule has 0 amide bonds. The summed E-state index contributed by atoms with van der Waals surface area (Å²) < 4.78 is 0. The lowest BCUT2D eigenvalue weighted by Gasteiger charge is -2.27. The molecule has 0 aromatic carbocycles. The normalized spacial score (nSPS) is 21.4. The SMILES string of the molecule is CCC(NCC1CCNCC1)C(C)C. The fourth-order valence-corrected chi connectivity index (χ4v) is 2.26. The van der Waals surface area contributed by atoms with Crippen LogP contribution < -0.4 is 10.6 Å². The zero-order chi connectivity index (χ0) is 10.4. The van der Waals surface area contributed by atoms with E-state index in [4.69, 9.17) is 0 Å². The van der Waals surface area contributed by atoms with E-state index in [0.717, 1.165) is 11.8 Å². The van der Waals surface area contributed by atoms with Crippen LogP contribution in [0, 0.1) is 11.8 Å². The van der Waals surface area contributed by atoms with Crippen LogP contribution >= 0.6 is 0 Å². The molecule has 1 atom stereocenters. The van der Waals surface area contributed by atoms with Crippen LogP contribution in [0.4, 0.5) is 0 Å². The summed E-state index contributed by atoms with van der Waals surface area (Å²) in [5.41, 5.74) is 0. The van der Waals surface area contributed by atoms with E-state index in [9.17, 15) is 0 Å². The Balaban J connectivity index is 2.16. The molecule has 0 aliphatic carbocycles. The molecule has 84 valence electrons. The molecule has 1 rings (SSSR count). The molecule has 1 saturated heterocycles. The molecule has 1 fully saturated rings. The van der Waals surface area contributed by atoms with Crippen molar-refractivity contribution in [2.75, 3.05) is 19.6 Å². The molecule has 0 spiro atoms. The zero-order valence-corrected chi connectivity index (χ0v) is 9.97. The lowest BCUT2D eigenvalue weighted by molar-refractivity contribution is 0.310. The van der Waals surface area contributed by atoms with Gasteiger partial charge in [-0.3, -0.25) is 0 Å². The average molecular weight is 198 g/mol. The zero-order valence-electron chi connectivity index (χ0n) is 9.97. The molecule has 0 radical (unpaired) electrons. The molecule has 14 heavy (non-hydrogen) atoms. The van der Waals surface area contributed by atoms with Crippen molar-refractivity contribution in [1.82, 2.24) is 10.6 Å². The van der Waals surface area contributed by atoms with Gasteiger partial charge in [0, 0.05) is 6.04 Å². The highest BCUT2D eigenvalue weighted by Gasteiger charge is 2.15. The molecule has 1 unspecified atom stereocenters. The molecule has 2 heteroatoms. The lowest BCUT2D eigenvalue weighted by atomic mass is 9.96. The fourth-order valence-electron chi connectivity index (χ4n) is 2.26. The summed E-state index contributed by atoms with van der Waals surface area (Å²) in [6.07, 6.45) is 3.95. The van der Waals surface area contributed by atoms with Crippen LogP contribution in [0.1, 0.15) is 40.0 Å². The van der Waals surface area contributed by atoms with Crippen LogP contribution in [0.15, 0.2) is 0 Å². The molecule has 1 aliphatic rings. The molecule has 0 aromatic rings. The standard InChI is InChI=1S/C12H26N2/c1-4-12(10(2)3)14-9-11-5-7-13-8-6-11/h10-14H,4-9H2,1-3H3. The predicted octanol–water partition coefficient (Wildman–Crippen LogP) is 2.01. The summed E-state index contributed by atoms with van der Waals surface area (Å²) in [5.74, 6) is 1.67. The summed E-state index contributed by atoms with van der Waals surface area (Å²) in [4.78, 5) is 0.